The molecule has 0 aliphatic carbocycles. The summed E-state index contributed by atoms with van der Waals surface area (Å²) in [6.45, 7) is 4.02. The van der Waals surface area contributed by atoms with E-state index in [9.17, 15) is 4.79 Å². The summed E-state index contributed by atoms with van der Waals surface area (Å²) >= 11 is 7.56. The summed E-state index contributed by atoms with van der Waals surface area (Å²) < 4.78 is 0. The minimum Gasteiger partial charge on any atom is -0.481 e. The molecule has 0 aliphatic rings. The van der Waals surface area contributed by atoms with Crippen molar-refractivity contribution in [2.24, 2.45) is 0 Å². The molecule has 0 saturated carbocycles. The third kappa shape index (κ3) is 3.14. The van der Waals surface area contributed by atoms with Gasteiger partial charge < -0.3 is 5.11 Å². The maximum absolute atomic E-state index is 10.9. The first-order valence-corrected chi connectivity index (χ1v) is 7.14. The molecule has 5 heteroatoms. The molecular weight excluding hydrogens is 282 g/mol. The molecule has 1 aromatic heterocycles. The Morgan fingerprint density at radius 3 is 2.68 bits per heavy atom. The fourth-order valence-corrected chi connectivity index (χ4v) is 3.36. The highest BCUT2D eigenvalue weighted by Gasteiger charge is 2.18. The second-order valence-corrected chi connectivity index (χ2v) is 6.02. The molecule has 0 unspecified atom stereocenters. The lowest BCUT2D eigenvalue weighted by molar-refractivity contribution is -0.136. The van der Waals surface area contributed by atoms with Crippen LogP contribution < -0.4 is 0 Å². The normalized spacial score (nSPS) is 10.9. The van der Waals surface area contributed by atoms with Crippen LogP contribution >= 0.6 is 22.9 Å². The average Bonchev–Trinajstić information content (AvgIpc) is 2.72. The van der Waals surface area contributed by atoms with Crippen molar-refractivity contribution in [3.63, 3.8) is 0 Å². The van der Waals surface area contributed by atoms with Gasteiger partial charge in [0, 0.05) is 10.4 Å². The molecule has 0 saturated heterocycles. The number of rotatable bonds is 4. The van der Waals surface area contributed by atoms with E-state index in [-0.39, 0.29) is 12.3 Å². The van der Waals surface area contributed by atoms with E-state index in [2.05, 4.69) is 4.98 Å². The maximum Gasteiger partial charge on any atom is 0.308 e. The molecule has 0 radical (unpaired) electrons. The predicted octanol–water partition coefficient (Wildman–Crippen LogP) is 4.21. The quantitative estimate of drug-likeness (QED) is 0.919. The molecule has 19 heavy (non-hydrogen) atoms. The first-order valence-electron chi connectivity index (χ1n) is 5.95. The van der Waals surface area contributed by atoms with Crippen LogP contribution in [0.5, 0.6) is 0 Å². The number of halogens is 1. The monoisotopic (exact) mass is 295 g/mol. The van der Waals surface area contributed by atoms with Gasteiger partial charge in [0.1, 0.15) is 5.01 Å². The third-order valence-electron chi connectivity index (χ3n) is 2.69. The van der Waals surface area contributed by atoms with Crippen LogP contribution in [-0.4, -0.2) is 16.1 Å². The number of carbonyl (C=O) groups is 1. The van der Waals surface area contributed by atoms with Crippen molar-refractivity contribution in [2.75, 3.05) is 0 Å². The Morgan fingerprint density at radius 1 is 1.42 bits per heavy atom. The zero-order chi connectivity index (χ0) is 14.0. The van der Waals surface area contributed by atoms with E-state index in [1.54, 1.807) is 0 Å². The van der Waals surface area contributed by atoms with Gasteiger partial charge in [0.2, 0.25) is 0 Å². The Kier molecular flexibility index (Phi) is 4.22. The number of benzene rings is 1. The van der Waals surface area contributed by atoms with E-state index in [0.29, 0.717) is 5.02 Å². The molecule has 0 spiro atoms. The largest absolute Gasteiger partial charge is 0.481 e. The lowest BCUT2D eigenvalue weighted by atomic mass is 10.1. The Bertz CT molecular complexity index is 607. The number of thiazole rings is 1. The van der Waals surface area contributed by atoms with Gasteiger partial charge >= 0.3 is 5.97 Å². The van der Waals surface area contributed by atoms with Crippen molar-refractivity contribution >= 4 is 28.9 Å². The van der Waals surface area contributed by atoms with Crippen LogP contribution in [0.25, 0.3) is 10.6 Å². The maximum atomic E-state index is 10.9. The summed E-state index contributed by atoms with van der Waals surface area (Å²) in [7, 11) is 0. The minimum absolute atomic E-state index is 0.00956. The van der Waals surface area contributed by atoms with Gasteiger partial charge in [0.05, 0.1) is 17.1 Å². The van der Waals surface area contributed by atoms with Crippen LogP contribution in [0, 0.1) is 0 Å². The van der Waals surface area contributed by atoms with E-state index < -0.39 is 5.97 Å². The van der Waals surface area contributed by atoms with E-state index in [4.69, 9.17) is 16.7 Å². The molecule has 3 nitrogen and oxygen atoms in total. The summed E-state index contributed by atoms with van der Waals surface area (Å²) in [4.78, 5) is 16.3. The SMILES string of the molecule is CC(C)c1nc(-c2ccccc2Cl)sc1CC(=O)O. The van der Waals surface area contributed by atoms with Gasteiger partial charge in [-0.05, 0) is 12.0 Å². The first-order chi connectivity index (χ1) is 8.99. The first kappa shape index (κ1) is 14.0. The lowest BCUT2D eigenvalue weighted by Crippen LogP contribution is -2.02. The number of hydrogen-bond acceptors (Lipinski definition) is 3. The van der Waals surface area contributed by atoms with Gasteiger partial charge in [-0.2, -0.15) is 0 Å². The van der Waals surface area contributed by atoms with Gasteiger partial charge in [0.25, 0.3) is 0 Å². The topological polar surface area (TPSA) is 50.2 Å². The van der Waals surface area contributed by atoms with Crippen LogP contribution in [0.2, 0.25) is 5.02 Å². The number of carboxylic acids is 1. The summed E-state index contributed by atoms with van der Waals surface area (Å²) in [5, 5.41) is 10.4. The summed E-state index contributed by atoms with van der Waals surface area (Å²) in [6, 6.07) is 7.47. The van der Waals surface area contributed by atoms with Crippen molar-refractivity contribution in [3.8, 4) is 10.6 Å². The third-order valence-corrected chi connectivity index (χ3v) is 4.12. The van der Waals surface area contributed by atoms with Crippen molar-refractivity contribution in [2.45, 2.75) is 26.2 Å². The molecule has 0 amide bonds. The highest BCUT2D eigenvalue weighted by molar-refractivity contribution is 7.15. The standard InChI is InChI=1S/C14H14ClNO2S/c1-8(2)13-11(7-12(17)18)19-14(16-13)9-5-3-4-6-10(9)15/h3-6,8H,7H2,1-2H3,(H,17,18). The molecule has 0 bridgehead atoms. The van der Waals surface area contributed by atoms with Crippen LogP contribution in [0.1, 0.15) is 30.3 Å². The van der Waals surface area contributed by atoms with E-state index in [1.807, 2.05) is 38.1 Å². The summed E-state index contributed by atoms with van der Waals surface area (Å²) in [5.41, 5.74) is 1.70. The van der Waals surface area contributed by atoms with Crippen molar-refractivity contribution in [3.05, 3.63) is 39.9 Å². The fourth-order valence-electron chi connectivity index (χ4n) is 1.83. The molecule has 0 fully saturated rings. The Balaban J connectivity index is 2.49. The fraction of sp³-hybridized carbons (Fsp3) is 0.286. The summed E-state index contributed by atoms with van der Waals surface area (Å²) in [5.74, 6) is -0.641. The van der Waals surface area contributed by atoms with Crippen LogP contribution in [0.4, 0.5) is 0 Å². The highest BCUT2D eigenvalue weighted by Crippen LogP contribution is 2.35. The number of aliphatic carboxylic acids is 1. The highest BCUT2D eigenvalue weighted by atomic mass is 35.5. The van der Waals surface area contributed by atoms with Gasteiger partial charge in [-0.25, -0.2) is 4.98 Å². The molecule has 100 valence electrons. The molecule has 0 aliphatic heterocycles. The number of carboxylic acid groups (broad SMARTS) is 1. The molecular formula is C14H14ClNO2S. The molecule has 2 rings (SSSR count). The van der Waals surface area contributed by atoms with Crippen molar-refractivity contribution in [1.29, 1.82) is 0 Å². The Morgan fingerprint density at radius 2 is 2.11 bits per heavy atom. The molecule has 2 aromatic rings. The minimum atomic E-state index is -0.837. The predicted molar refractivity (Wildman–Crippen MR) is 78.0 cm³/mol. The molecule has 0 atom stereocenters. The van der Waals surface area contributed by atoms with Crippen molar-refractivity contribution in [1.82, 2.24) is 4.98 Å². The number of hydrogen-bond donors (Lipinski definition) is 1. The van der Waals surface area contributed by atoms with Crippen molar-refractivity contribution < 1.29 is 9.90 Å². The zero-order valence-electron chi connectivity index (χ0n) is 10.7. The average molecular weight is 296 g/mol. The number of nitrogens with zero attached hydrogens (tertiary/aromatic N) is 1. The molecule has 1 aromatic carbocycles. The number of aromatic nitrogens is 1. The van der Waals surface area contributed by atoms with Crippen LogP contribution in [-0.2, 0) is 11.2 Å². The second kappa shape index (κ2) is 5.72. The smallest absolute Gasteiger partial charge is 0.308 e. The van der Waals surface area contributed by atoms with Gasteiger partial charge in [0.15, 0.2) is 0 Å². The van der Waals surface area contributed by atoms with E-state index >= 15 is 0 Å². The van der Waals surface area contributed by atoms with E-state index in [1.165, 1.54) is 11.3 Å². The van der Waals surface area contributed by atoms with Gasteiger partial charge in [-0.1, -0.05) is 43.6 Å². The Hall–Kier alpha value is -1.39. The second-order valence-electron chi connectivity index (χ2n) is 4.53. The molecule has 1 heterocycles. The van der Waals surface area contributed by atoms with Gasteiger partial charge in [-0.15, -0.1) is 11.3 Å². The summed E-state index contributed by atoms with van der Waals surface area (Å²) in [6.07, 6.45) is 0.00956. The van der Waals surface area contributed by atoms with Crippen LogP contribution in [0.3, 0.4) is 0 Å². The Labute approximate surface area is 120 Å². The lowest BCUT2D eigenvalue weighted by Gasteiger charge is -2.02. The molecule has 1 N–H and O–H groups in total. The van der Waals surface area contributed by atoms with Crippen LogP contribution in [0.15, 0.2) is 24.3 Å². The van der Waals surface area contributed by atoms with E-state index in [0.717, 1.165) is 21.1 Å². The van der Waals surface area contributed by atoms with Gasteiger partial charge in [-0.3, -0.25) is 4.79 Å². The zero-order valence-corrected chi connectivity index (χ0v) is 12.3.